The molecule has 0 aliphatic carbocycles. The standard InChI is InChI=1S/C16H20N2O3/c1-3-18-15-7-5-4-6-13(15)14(17-18)10-8-12(19)9-11-16(20)21-2/h4-7H,3,8-11H2,1-2H3. The van der Waals surface area contributed by atoms with Gasteiger partial charge in [0, 0.05) is 24.8 Å². The van der Waals surface area contributed by atoms with E-state index in [9.17, 15) is 9.59 Å². The first kappa shape index (κ1) is 15.2. The van der Waals surface area contributed by atoms with E-state index in [0.29, 0.717) is 12.8 Å². The number of hydrogen-bond donors (Lipinski definition) is 0. The van der Waals surface area contributed by atoms with Crippen molar-refractivity contribution in [1.29, 1.82) is 0 Å². The average molecular weight is 288 g/mol. The summed E-state index contributed by atoms with van der Waals surface area (Å²) in [7, 11) is 1.33. The third kappa shape index (κ3) is 3.68. The van der Waals surface area contributed by atoms with Crippen LogP contribution in [0.15, 0.2) is 24.3 Å². The molecule has 1 aromatic heterocycles. The van der Waals surface area contributed by atoms with Gasteiger partial charge in [-0.2, -0.15) is 5.10 Å². The van der Waals surface area contributed by atoms with E-state index < -0.39 is 0 Å². The van der Waals surface area contributed by atoms with E-state index in [0.717, 1.165) is 23.1 Å². The maximum atomic E-state index is 11.8. The van der Waals surface area contributed by atoms with Gasteiger partial charge in [-0.3, -0.25) is 14.3 Å². The van der Waals surface area contributed by atoms with Crippen LogP contribution in [0, 0.1) is 0 Å². The summed E-state index contributed by atoms with van der Waals surface area (Å²) < 4.78 is 6.48. The number of benzene rings is 1. The van der Waals surface area contributed by atoms with Crippen LogP contribution in [0.2, 0.25) is 0 Å². The van der Waals surface area contributed by atoms with Crippen molar-refractivity contribution in [3.63, 3.8) is 0 Å². The van der Waals surface area contributed by atoms with Gasteiger partial charge in [0.1, 0.15) is 5.78 Å². The zero-order valence-electron chi connectivity index (χ0n) is 12.5. The average Bonchev–Trinajstić information content (AvgIpc) is 2.88. The van der Waals surface area contributed by atoms with Crippen molar-refractivity contribution in [3.8, 4) is 0 Å². The molecule has 1 aromatic carbocycles. The molecule has 2 rings (SSSR count). The largest absolute Gasteiger partial charge is 0.469 e. The van der Waals surface area contributed by atoms with Crippen molar-refractivity contribution in [2.75, 3.05) is 7.11 Å². The second-order valence-corrected chi connectivity index (χ2v) is 4.89. The minimum Gasteiger partial charge on any atom is -0.469 e. The van der Waals surface area contributed by atoms with E-state index in [1.54, 1.807) is 0 Å². The predicted octanol–water partition coefficient (Wildman–Crippen LogP) is 2.51. The van der Waals surface area contributed by atoms with Gasteiger partial charge in [-0.05, 0) is 19.4 Å². The van der Waals surface area contributed by atoms with Crippen LogP contribution in [0.4, 0.5) is 0 Å². The maximum absolute atomic E-state index is 11.8. The van der Waals surface area contributed by atoms with Crippen molar-refractivity contribution in [2.45, 2.75) is 39.2 Å². The van der Waals surface area contributed by atoms with Crippen LogP contribution in [0.3, 0.4) is 0 Å². The molecule has 5 heteroatoms. The number of aromatic nitrogens is 2. The topological polar surface area (TPSA) is 61.2 Å². The number of Topliss-reactive ketones (excluding diaryl/α,β-unsaturated/α-hetero) is 1. The first-order chi connectivity index (χ1) is 10.2. The van der Waals surface area contributed by atoms with E-state index >= 15 is 0 Å². The highest BCUT2D eigenvalue weighted by molar-refractivity contribution is 5.85. The molecule has 0 spiro atoms. The van der Waals surface area contributed by atoms with Gasteiger partial charge in [0.2, 0.25) is 0 Å². The first-order valence-electron chi connectivity index (χ1n) is 7.18. The zero-order valence-corrected chi connectivity index (χ0v) is 12.5. The summed E-state index contributed by atoms with van der Waals surface area (Å²) in [4.78, 5) is 22.8. The van der Waals surface area contributed by atoms with Crippen LogP contribution in [-0.2, 0) is 27.3 Å². The molecule has 0 unspecified atom stereocenters. The number of fused-ring (bicyclic) bond motifs is 1. The Morgan fingerprint density at radius 2 is 1.95 bits per heavy atom. The lowest BCUT2D eigenvalue weighted by molar-refractivity contribution is -0.141. The predicted molar refractivity (Wildman–Crippen MR) is 80.0 cm³/mol. The summed E-state index contributed by atoms with van der Waals surface area (Å²) >= 11 is 0. The van der Waals surface area contributed by atoms with Crippen LogP contribution in [0.25, 0.3) is 10.9 Å². The number of hydrogen-bond acceptors (Lipinski definition) is 4. The zero-order chi connectivity index (χ0) is 15.2. The van der Waals surface area contributed by atoms with E-state index in [4.69, 9.17) is 0 Å². The van der Waals surface area contributed by atoms with Gasteiger partial charge in [-0.1, -0.05) is 18.2 Å². The molecule has 1 heterocycles. The van der Waals surface area contributed by atoms with E-state index in [2.05, 4.69) is 9.84 Å². The summed E-state index contributed by atoms with van der Waals surface area (Å²) in [5.74, 6) is -0.278. The van der Waals surface area contributed by atoms with Gasteiger partial charge in [-0.15, -0.1) is 0 Å². The number of rotatable bonds is 7. The molecule has 0 N–H and O–H groups in total. The van der Waals surface area contributed by atoms with Crippen LogP contribution in [0.5, 0.6) is 0 Å². The second kappa shape index (κ2) is 7.02. The summed E-state index contributed by atoms with van der Waals surface area (Å²) in [5.41, 5.74) is 2.04. The number of carbonyl (C=O) groups is 2. The number of carbonyl (C=O) groups excluding carboxylic acids is 2. The molecule has 21 heavy (non-hydrogen) atoms. The van der Waals surface area contributed by atoms with Gasteiger partial charge in [-0.25, -0.2) is 0 Å². The lowest BCUT2D eigenvalue weighted by Gasteiger charge is -1.99. The molecule has 0 saturated heterocycles. The molecule has 0 atom stereocenters. The molecule has 0 fully saturated rings. The van der Waals surface area contributed by atoms with Crippen molar-refractivity contribution in [1.82, 2.24) is 9.78 Å². The summed E-state index contributed by atoms with van der Waals surface area (Å²) in [6.45, 7) is 2.85. The number of esters is 1. The molecular formula is C16H20N2O3. The Morgan fingerprint density at radius 1 is 1.19 bits per heavy atom. The molecule has 0 bridgehead atoms. The summed E-state index contributed by atoms with van der Waals surface area (Å²) in [5, 5.41) is 5.66. The van der Waals surface area contributed by atoms with Gasteiger partial charge in [0.05, 0.1) is 24.7 Å². The highest BCUT2D eigenvalue weighted by atomic mass is 16.5. The lowest BCUT2D eigenvalue weighted by Crippen LogP contribution is -2.07. The first-order valence-corrected chi connectivity index (χ1v) is 7.18. The molecule has 0 radical (unpaired) electrons. The van der Waals surface area contributed by atoms with Crippen LogP contribution >= 0.6 is 0 Å². The van der Waals surface area contributed by atoms with Crippen molar-refractivity contribution >= 4 is 22.7 Å². The molecule has 0 aliphatic rings. The van der Waals surface area contributed by atoms with Crippen LogP contribution in [0.1, 0.15) is 31.9 Å². The number of ether oxygens (including phenoxy) is 1. The smallest absolute Gasteiger partial charge is 0.305 e. The highest BCUT2D eigenvalue weighted by Crippen LogP contribution is 2.19. The van der Waals surface area contributed by atoms with E-state index in [1.165, 1.54) is 7.11 Å². The van der Waals surface area contributed by atoms with E-state index in [-0.39, 0.29) is 24.6 Å². The van der Waals surface area contributed by atoms with Crippen molar-refractivity contribution < 1.29 is 14.3 Å². The van der Waals surface area contributed by atoms with Gasteiger partial charge in [0.25, 0.3) is 0 Å². The summed E-state index contributed by atoms with van der Waals surface area (Å²) in [6, 6.07) is 8.03. The molecule has 112 valence electrons. The fourth-order valence-corrected chi connectivity index (χ4v) is 2.35. The Morgan fingerprint density at radius 3 is 2.67 bits per heavy atom. The van der Waals surface area contributed by atoms with Gasteiger partial charge in [0.15, 0.2) is 0 Å². The number of aryl methyl sites for hydroxylation is 2. The van der Waals surface area contributed by atoms with Crippen molar-refractivity contribution in [2.24, 2.45) is 0 Å². The van der Waals surface area contributed by atoms with Gasteiger partial charge < -0.3 is 4.74 Å². The Labute approximate surface area is 123 Å². The molecule has 0 amide bonds. The Kier molecular flexibility index (Phi) is 5.09. The fourth-order valence-electron chi connectivity index (χ4n) is 2.35. The number of nitrogens with zero attached hydrogens (tertiary/aromatic N) is 2. The quantitative estimate of drug-likeness (QED) is 0.734. The third-order valence-electron chi connectivity index (χ3n) is 3.51. The fraction of sp³-hybridized carbons (Fsp3) is 0.438. The highest BCUT2D eigenvalue weighted by Gasteiger charge is 2.12. The second-order valence-electron chi connectivity index (χ2n) is 4.89. The number of ketones is 1. The maximum Gasteiger partial charge on any atom is 0.305 e. The lowest BCUT2D eigenvalue weighted by atomic mass is 10.1. The molecular weight excluding hydrogens is 268 g/mol. The van der Waals surface area contributed by atoms with Crippen molar-refractivity contribution in [3.05, 3.63) is 30.0 Å². The molecule has 2 aromatic rings. The summed E-state index contributed by atoms with van der Waals surface area (Å²) in [6.07, 6.45) is 1.40. The molecule has 5 nitrogen and oxygen atoms in total. The van der Waals surface area contributed by atoms with Crippen LogP contribution in [-0.4, -0.2) is 28.6 Å². The Balaban J connectivity index is 2.00. The van der Waals surface area contributed by atoms with E-state index in [1.807, 2.05) is 35.9 Å². The Bertz CT molecular complexity index is 646. The number of para-hydroxylation sites is 1. The monoisotopic (exact) mass is 288 g/mol. The number of methoxy groups -OCH3 is 1. The van der Waals surface area contributed by atoms with Gasteiger partial charge >= 0.3 is 5.97 Å². The molecule has 0 saturated carbocycles. The third-order valence-corrected chi connectivity index (χ3v) is 3.51. The minimum atomic E-state index is -0.343. The normalized spacial score (nSPS) is 10.8. The minimum absolute atomic E-state index is 0.0653. The Hall–Kier alpha value is -2.17. The molecule has 0 aliphatic heterocycles. The van der Waals surface area contributed by atoms with Crippen LogP contribution < -0.4 is 0 Å². The SMILES string of the molecule is CCn1nc(CCC(=O)CCC(=O)OC)c2ccccc21.